The minimum Gasteiger partial charge on any atom is -0.395 e. The Morgan fingerprint density at radius 1 is 1.42 bits per heavy atom. The zero-order chi connectivity index (χ0) is 14.1. The number of unbranched alkanes of at least 4 members (excludes halogenated alkanes) is 2. The van der Waals surface area contributed by atoms with Crippen molar-refractivity contribution in [2.24, 2.45) is 0 Å². The third kappa shape index (κ3) is 6.39. The SMILES string of the molecule is CCCCCC(C)NC(=O)CN(CCO)C1CCC1. The molecule has 0 aliphatic heterocycles. The molecule has 4 heteroatoms. The van der Waals surface area contributed by atoms with Crippen LogP contribution >= 0.6 is 0 Å². The van der Waals surface area contributed by atoms with Crippen LogP contribution in [0.5, 0.6) is 0 Å². The molecule has 1 amide bonds. The number of aliphatic hydroxyl groups excluding tert-OH is 1. The van der Waals surface area contributed by atoms with Crippen LogP contribution in [0.1, 0.15) is 58.8 Å². The van der Waals surface area contributed by atoms with Crippen LogP contribution in [0, 0.1) is 0 Å². The van der Waals surface area contributed by atoms with E-state index in [1.165, 1.54) is 38.5 Å². The largest absolute Gasteiger partial charge is 0.395 e. The van der Waals surface area contributed by atoms with Crippen LogP contribution in [-0.4, -0.2) is 47.7 Å². The van der Waals surface area contributed by atoms with Gasteiger partial charge in [-0.25, -0.2) is 0 Å². The van der Waals surface area contributed by atoms with Gasteiger partial charge in [-0.1, -0.05) is 32.6 Å². The van der Waals surface area contributed by atoms with Gasteiger partial charge >= 0.3 is 0 Å². The highest BCUT2D eigenvalue weighted by Gasteiger charge is 2.26. The van der Waals surface area contributed by atoms with Gasteiger partial charge in [-0.2, -0.15) is 0 Å². The van der Waals surface area contributed by atoms with E-state index in [9.17, 15) is 4.79 Å². The van der Waals surface area contributed by atoms with Crippen molar-refractivity contribution >= 4 is 5.91 Å². The van der Waals surface area contributed by atoms with Gasteiger partial charge in [0.05, 0.1) is 13.2 Å². The summed E-state index contributed by atoms with van der Waals surface area (Å²) in [5.41, 5.74) is 0. The second-order valence-corrected chi connectivity index (χ2v) is 5.74. The second kappa shape index (κ2) is 9.32. The highest BCUT2D eigenvalue weighted by Crippen LogP contribution is 2.24. The molecule has 1 unspecified atom stereocenters. The molecule has 0 heterocycles. The number of nitrogens with one attached hydrogen (secondary N) is 1. The third-order valence-electron chi connectivity index (χ3n) is 3.97. The number of amides is 1. The molecule has 0 saturated heterocycles. The van der Waals surface area contributed by atoms with Gasteiger partial charge in [0.25, 0.3) is 0 Å². The minimum atomic E-state index is 0.101. The first-order valence-corrected chi connectivity index (χ1v) is 7.81. The van der Waals surface area contributed by atoms with Gasteiger partial charge in [-0.15, -0.1) is 0 Å². The average molecular weight is 270 g/mol. The third-order valence-corrected chi connectivity index (χ3v) is 3.97. The van der Waals surface area contributed by atoms with Crippen LogP contribution < -0.4 is 5.32 Å². The van der Waals surface area contributed by atoms with Gasteiger partial charge in [0.1, 0.15) is 0 Å². The van der Waals surface area contributed by atoms with E-state index in [4.69, 9.17) is 5.11 Å². The van der Waals surface area contributed by atoms with Gasteiger partial charge in [-0.05, 0) is 26.2 Å². The van der Waals surface area contributed by atoms with Crippen LogP contribution in [0.15, 0.2) is 0 Å². The smallest absolute Gasteiger partial charge is 0.234 e. The summed E-state index contributed by atoms with van der Waals surface area (Å²) in [6, 6.07) is 0.768. The Bertz CT molecular complexity index is 255. The van der Waals surface area contributed by atoms with Crippen LogP contribution in [0.25, 0.3) is 0 Å². The average Bonchev–Trinajstić information content (AvgIpc) is 2.27. The Balaban J connectivity index is 2.23. The lowest BCUT2D eigenvalue weighted by atomic mass is 9.91. The van der Waals surface area contributed by atoms with Crippen LogP contribution in [-0.2, 0) is 4.79 Å². The topological polar surface area (TPSA) is 52.6 Å². The Morgan fingerprint density at radius 2 is 2.16 bits per heavy atom. The molecule has 1 aliphatic rings. The van der Waals surface area contributed by atoms with E-state index in [2.05, 4.69) is 24.1 Å². The van der Waals surface area contributed by atoms with E-state index < -0.39 is 0 Å². The van der Waals surface area contributed by atoms with E-state index in [0.717, 1.165) is 6.42 Å². The van der Waals surface area contributed by atoms with Crippen molar-refractivity contribution in [2.45, 2.75) is 70.9 Å². The zero-order valence-electron chi connectivity index (χ0n) is 12.5. The van der Waals surface area contributed by atoms with E-state index >= 15 is 0 Å². The summed E-state index contributed by atoms with van der Waals surface area (Å²) in [7, 11) is 0. The summed E-state index contributed by atoms with van der Waals surface area (Å²) in [4.78, 5) is 14.1. The minimum absolute atomic E-state index is 0.101. The Morgan fingerprint density at radius 3 is 2.68 bits per heavy atom. The molecule has 0 radical (unpaired) electrons. The number of aliphatic hydroxyl groups is 1. The maximum Gasteiger partial charge on any atom is 0.234 e. The zero-order valence-corrected chi connectivity index (χ0v) is 12.5. The first-order chi connectivity index (χ1) is 9.17. The molecular weight excluding hydrogens is 240 g/mol. The fourth-order valence-electron chi connectivity index (χ4n) is 2.55. The molecule has 0 aromatic heterocycles. The maximum atomic E-state index is 12.0. The lowest BCUT2D eigenvalue weighted by molar-refractivity contribution is -0.124. The second-order valence-electron chi connectivity index (χ2n) is 5.74. The van der Waals surface area contributed by atoms with Gasteiger partial charge < -0.3 is 10.4 Å². The monoisotopic (exact) mass is 270 g/mol. The van der Waals surface area contributed by atoms with Crippen molar-refractivity contribution in [2.75, 3.05) is 19.7 Å². The lowest BCUT2D eigenvalue weighted by Gasteiger charge is -2.36. The molecule has 0 aromatic carbocycles. The molecule has 1 aliphatic carbocycles. The fourth-order valence-corrected chi connectivity index (χ4v) is 2.55. The van der Waals surface area contributed by atoms with Crippen molar-refractivity contribution in [3.05, 3.63) is 0 Å². The highest BCUT2D eigenvalue weighted by atomic mass is 16.3. The summed E-state index contributed by atoms with van der Waals surface area (Å²) in [5.74, 6) is 0.101. The number of carbonyl (C=O) groups is 1. The van der Waals surface area contributed by atoms with E-state index in [-0.39, 0.29) is 18.6 Å². The molecule has 1 fully saturated rings. The van der Waals surface area contributed by atoms with Gasteiger partial charge in [0.15, 0.2) is 0 Å². The number of hydrogen-bond donors (Lipinski definition) is 2. The first kappa shape index (κ1) is 16.4. The Hall–Kier alpha value is -0.610. The molecule has 1 rings (SSSR count). The first-order valence-electron chi connectivity index (χ1n) is 7.81. The Labute approximate surface area is 117 Å². The van der Waals surface area contributed by atoms with Crippen molar-refractivity contribution < 1.29 is 9.90 Å². The molecule has 0 spiro atoms. The van der Waals surface area contributed by atoms with Crippen LogP contribution in [0.3, 0.4) is 0 Å². The van der Waals surface area contributed by atoms with Crippen molar-refractivity contribution in [1.82, 2.24) is 10.2 Å². The maximum absolute atomic E-state index is 12.0. The normalized spacial score (nSPS) is 17.3. The van der Waals surface area contributed by atoms with Crippen LogP contribution in [0.4, 0.5) is 0 Å². The number of nitrogens with zero attached hydrogens (tertiary/aromatic N) is 1. The predicted octanol–water partition coefficient (Wildman–Crippen LogP) is 1.92. The van der Waals surface area contributed by atoms with Crippen LogP contribution in [0.2, 0.25) is 0 Å². The summed E-state index contributed by atoms with van der Waals surface area (Å²) >= 11 is 0. The number of hydrogen-bond acceptors (Lipinski definition) is 3. The number of carbonyl (C=O) groups excluding carboxylic acids is 1. The predicted molar refractivity (Wildman–Crippen MR) is 78.0 cm³/mol. The van der Waals surface area contributed by atoms with Gasteiger partial charge in [-0.3, -0.25) is 9.69 Å². The fraction of sp³-hybridized carbons (Fsp3) is 0.933. The molecule has 4 nitrogen and oxygen atoms in total. The van der Waals surface area contributed by atoms with Gasteiger partial charge in [0.2, 0.25) is 5.91 Å². The summed E-state index contributed by atoms with van der Waals surface area (Å²) < 4.78 is 0. The molecule has 1 atom stereocenters. The van der Waals surface area contributed by atoms with Crippen molar-refractivity contribution in [1.29, 1.82) is 0 Å². The van der Waals surface area contributed by atoms with E-state index in [1.807, 2.05) is 0 Å². The summed E-state index contributed by atoms with van der Waals surface area (Å²) in [5, 5.41) is 12.1. The van der Waals surface area contributed by atoms with E-state index in [1.54, 1.807) is 0 Å². The Kier molecular flexibility index (Phi) is 8.07. The molecule has 1 saturated carbocycles. The van der Waals surface area contributed by atoms with Crippen molar-refractivity contribution in [3.8, 4) is 0 Å². The molecule has 0 bridgehead atoms. The standard InChI is InChI=1S/C15H30N2O2/c1-3-4-5-7-13(2)16-15(19)12-17(10-11-18)14-8-6-9-14/h13-14,18H,3-12H2,1-2H3,(H,16,19). The summed E-state index contributed by atoms with van der Waals surface area (Å²) in [6.07, 6.45) is 8.27. The number of rotatable bonds is 10. The summed E-state index contributed by atoms with van der Waals surface area (Å²) in [6.45, 7) is 5.45. The highest BCUT2D eigenvalue weighted by molar-refractivity contribution is 5.78. The molecule has 19 heavy (non-hydrogen) atoms. The van der Waals surface area contributed by atoms with Crippen molar-refractivity contribution in [3.63, 3.8) is 0 Å². The molecule has 0 aromatic rings. The molecule has 112 valence electrons. The van der Waals surface area contributed by atoms with E-state index in [0.29, 0.717) is 19.1 Å². The van der Waals surface area contributed by atoms with Gasteiger partial charge in [0, 0.05) is 18.6 Å². The quantitative estimate of drug-likeness (QED) is 0.596. The lowest BCUT2D eigenvalue weighted by Crippen LogP contribution is -2.48. The molecular formula is C15H30N2O2. The molecule has 2 N–H and O–H groups in total.